The number of rotatable bonds is 7. The lowest BCUT2D eigenvalue weighted by molar-refractivity contribution is -0.146. The molecule has 0 aromatic heterocycles. The molecule has 4 aliphatic rings. The molecule has 0 heterocycles. The Morgan fingerprint density at radius 1 is 1.04 bits per heavy atom. The summed E-state index contributed by atoms with van der Waals surface area (Å²) in [5.74, 6) is 2.52. The second-order valence-corrected chi connectivity index (χ2v) is 9.64. The van der Waals surface area contributed by atoms with E-state index in [4.69, 9.17) is 0 Å². The Bertz CT molecular complexity index is 689. The molecule has 4 saturated carbocycles. The third kappa shape index (κ3) is 3.97. The molecule has 1 aromatic rings. The Kier molecular flexibility index (Phi) is 5.48. The summed E-state index contributed by atoms with van der Waals surface area (Å²) in [6.07, 6.45) is 8.44. The molecular weight excluding hydrogens is 348 g/mol. The van der Waals surface area contributed by atoms with Crippen molar-refractivity contribution >= 4 is 11.8 Å². The van der Waals surface area contributed by atoms with E-state index in [1.165, 1.54) is 24.8 Å². The third-order valence-corrected chi connectivity index (χ3v) is 7.38. The van der Waals surface area contributed by atoms with Crippen molar-refractivity contribution in [3.63, 3.8) is 0 Å². The fourth-order valence-electron chi connectivity index (χ4n) is 6.35. The Morgan fingerprint density at radius 3 is 2.14 bits per heavy atom. The van der Waals surface area contributed by atoms with E-state index in [1.807, 2.05) is 0 Å². The van der Waals surface area contributed by atoms with Gasteiger partial charge in [-0.3, -0.25) is 9.59 Å². The first kappa shape index (κ1) is 19.5. The largest absolute Gasteiger partial charge is 0.355 e. The minimum atomic E-state index is -0.126. The van der Waals surface area contributed by atoms with Gasteiger partial charge in [-0.25, -0.2) is 0 Å². The topological polar surface area (TPSA) is 58.2 Å². The molecule has 5 rings (SSSR count). The number of nitrogens with one attached hydrogen (secondary N) is 2. The second-order valence-electron chi connectivity index (χ2n) is 9.64. The van der Waals surface area contributed by atoms with Crippen LogP contribution >= 0.6 is 0 Å². The van der Waals surface area contributed by atoms with Crippen LogP contribution in [0, 0.1) is 30.1 Å². The molecule has 2 N–H and O–H groups in total. The van der Waals surface area contributed by atoms with Gasteiger partial charge < -0.3 is 10.6 Å². The zero-order valence-corrected chi connectivity index (χ0v) is 17.3. The average Bonchev–Trinajstić information content (AvgIpc) is 2.66. The second kappa shape index (κ2) is 7.88. The van der Waals surface area contributed by atoms with Crippen LogP contribution in [0.3, 0.4) is 0 Å². The highest BCUT2D eigenvalue weighted by atomic mass is 16.2. The predicted molar refractivity (Wildman–Crippen MR) is 111 cm³/mol. The predicted octanol–water partition coefficient (Wildman–Crippen LogP) is 4.29. The standard InChI is InChI=1S/C24H34N2O2/c1-3-21(20-6-4-16(2)5-7-20)26-22(27)8-9-25-23(28)24-13-17-10-18(14-24)12-19(11-17)15-24/h4-7,17-19,21H,3,8-15H2,1-2H3,(H,25,28)(H,26,27). The fraction of sp³-hybridized carbons (Fsp3) is 0.667. The van der Waals surface area contributed by atoms with E-state index in [9.17, 15) is 9.59 Å². The van der Waals surface area contributed by atoms with Crippen LogP contribution in [0.4, 0.5) is 0 Å². The van der Waals surface area contributed by atoms with Crippen molar-refractivity contribution in [2.75, 3.05) is 6.54 Å². The quantitative estimate of drug-likeness (QED) is 0.739. The lowest BCUT2D eigenvalue weighted by atomic mass is 9.49. The molecule has 1 unspecified atom stereocenters. The maximum absolute atomic E-state index is 13.0. The number of carbonyl (C=O) groups is 2. The SMILES string of the molecule is CCC(NC(=O)CCNC(=O)C12CC3CC(CC(C3)C1)C2)c1ccc(C)cc1. The van der Waals surface area contributed by atoms with E-state index in [-0.39, 0.29) is 23.3 Å². The van der Waals surface area contributed by atoms with Gasteiger partial charge in [0.1, 0.15) is 0 Å². The van der Waals surface area contributed by atoms with Gasteiger partial charge in [0, 0.05) is 18.4 Å². The van der Waals surface area contributed by atoms with Crippen LogP contribution < -0.4 is 10.6 Å². The van der Waals surface area contributed by atoms with Gasteiger partial charge in [0.15, 0.2) is 0 Å². The zero-order valence-electron chi connectivity index (χ0n) is 17.3. The summed E-state index contributed by atoms with van der Waals surface area (Å²) in [6.45, 7) is 4.59. The van der Waals surface area contributed by atoms with Crippen molar-refractivity contribution in [1.29, 1.82) is 0 Å². The molecule has 1 aromatic carbocycles. The minimum absolute atomic E-state index is 0.0123. The zero-order chi connectivity index (χ0) is 19.7. The summed E-state index contributed by atoms with van der Waals surface area (Å²) >= 11 is 0. The van der Waals surface area contributed by atoms with E-state index >= 15 is 0 Å². The molecule has 152 valence electrons. The number of benzene rings is 1. The van der Waals surface area contributed by atoms with Gasteiger partial charge in [0.2, 0.25) is 11.8 Å². The summed E-state index contributed by atoms with van der Waals surface area (Å²) in [4.78, 5) is 25.4. The van der Waals surface area contributed by atoms with Crippen molar-refractivity contribution < 1.29 is 9.59 Å². The monoisotopic (exact) mass is 382 g/mol. The van der Waals surface area contributed by atoms with Crippen LogP contribution in [0.2, 0.25) is 0 Å². The van der Waals surface area contributed by atoms with Gasteiger partial charge >= 0.3 is 0 Å². The molecule has 4 nitrogen and oxygen atoms in total. The van der Waals surface area contributed by atoms with Crippen LogP contribution in [-0.4, -0.2) is 18.4 Å². The number of amides is 2. The number of hydrogen-bond acceptors (Lipinski definition) is 2. The highest BCUT2D eigenvalue weighted by Crippen LogP contribution is 2.60. The first-order valence-electron chi connectivity index (χ1n) is 11.1. The first-order chi connectivity index (χ1) is 13.5. The van der Waals surface area contributed by atoms with Crippen LogP contribution in [0.1, 0.15) is 75.5 Å². The highest BCUT2D eigenvalue weighted by molar-refractivity contribution is 5.84. The third-order valence-electron chi connectivity index (χ3n) is 7.38. The lowest BCUT2D eigenvalue weighted by Gasteiger charge is -2.55. The number of carbonyl (C=O) groups excluding carboxylic acids is 2. The number of aryl methyl sites for hydroxylation is 1. The van der Waals surface area contributed by atoms with E-state index in [1.54, 1.807) is 0 Å². The average molecular weight is 383 g/mol. The van der Waals surface area contributed by atoms with Crippen molar-refractivity contribution in [2.45, 2.75) is 71.3 Å². The summed E-state index contributed by atoms with van der Waals surface area (Å²) in [5, 5.41) is 6.23. The molecule has 0 saturated heterocycles. The minimum Gasteiger partial charge on any atom is -0.355 e. The van der Waals surface area contributed by atoms with E-state index in [0.29, 0.717) is 13.0 Å². The van der Waals surface area contributed by atoms with Gasteiger partial charge in [0.25, 0.3) is 0 Å². The van der Waals surface area contributed by atoms with E-state index in [0.717, 1.165) is 49.0 Å². The molecule has 4 heteroatoms. The molecule has 2 amide bonds. The normalized spacial score (nSPS) is 31.4. The van der Waals surface area contributed by atoms with Gasteiger partial charge in [-0.15, -0.1) is 0 Å². The van der Waals surface area contributed by atoms with Crippen LogP contribution in [-0.2, 0) is 9.59 Å². The number of hydrogen-bond donors (Lipinski definition) is 2. The van der Waals surface area contributed by atoms with Crippen molar-refractivity contribution in [2.24, 2.45) is 23.2 Å². The summed E-state index contributed by atoms with van der Waals surface area (Å²) in [5.41, 5.74) is 2.23. The molecule has 4 fully saturated rings. The summed E-state index contributed by atoms with van der Waals surface area (Å²) in [7, 11) is 0. The fourth-order valence-corrected chi connectivity index (χ4v) is 6.35. The van der Waals surface area contributed by atoms with Gasteiger partial charge in [0.05, 0.1) is 6.04 Å². The molecule has 1 atom stereocenters. The first-order valence-corrected chi connectivity index (χ1v) is 11.1. The molecular formula is C24H34N2O2. The van der Waals surface area contributed by atoms with Gasteiger partial charge in [-0.2, -0.15) is 0 Å². The summed E-state index contributed by atoms with van der Waals surface area (Å²) in [6, 6.07) is 8.36. The van der Waals surface area contributed by atoms with Crippen LogP contribution in [0.25, 0.3) is 0 Å². The molecule has 28 heavy (non-hydrogen) atoms. The Labute approximate surface area is 168 Å². The van der Waals surface area contributed by atoms with Crippen LogP contribution in [0.15, 0.2) is 24.3 Å². The Morgan fingerprint density at radius 2 is 1.61 bits per heavy atom. The summed E-state index contributed by atoms with van der Waals surface area (Å²) < 4.78 is 0. The molecule has 0 radical (unpaired) electrons. The Hall–Kier alpha value is -1.84. The molecule has 4 bridgehead atoms. The smallest absolute Gasteiger partial charge is 0.226 e. The van der Waals surface area contributed by atoms with Crippen molar-refractivity contribution in [3.8, 4) is 0 Å². The maximum atomic E-state index is 13.0. The molecule has 4 aliphatic carbocycles. The van der Waals surface area contributed by atoms with Crippen molar-refractivity contribution in [1.82, 2.24) is 10.6 Å². The van der Waals surface area contributed by atoms with Crippen molar-refractivity contribution in [3.05, 3.63) is 35.4 Å². The lowest BCUT2D eigenvalue weighted by Crippen LogP contribution is -2.53. The molecule has 0 aliphatic heterocycles. The van der Waals surface area contributed by atoms with Gasteiger partial charge in [-0.1, -0.05) is 36.8 Å². The van der Waals surface area contributed by atoms with E-state index in [2.05, 4.69) is 48.7 Å². The van der Waals surface area contributed by atoms with Gasteiger partial charge in [-0.05, 0) is 75.2 Å². The van der Waals surface area contributed by atoms with Crippen LogP contribution in [0.5, 0.6) is 0 Å². The maximum Gasteiger partial charge on any atom is 0.226 e. The molecule has 0 spiro atoms. The highest BCUT2D eigenvalue weighted by Gasteiger charge is 2.54. The Balaban J connectivity index is 1.26. The van der Waals surface area contributed by atoms with E-state index < -0.39 is 0 Å².